The Morgan fingerprint density at radius 2 is 1.66 bits per heavy atom. The largest absolute Gasteiger partial charge is 0.416 e. The lowest BCUT2D eigenvalue weighted by atomic mass is 10.1. The molecule has 2 N–H and O–H groups in total. The fourth-order valence-corrected chi connectivity index (χ4v) is 3.21. The quantitative estimate of drug-likeness (QED) is 0.414. The van der Waals surface area contributed by atoms with Crippen LogP contribution >= 0.6 is 11.8 Å². The molecule has 0 saturated heterocycles. The van der Waals surface area contributed by atoms with E-state index in [0.717, 1.165) is 22.8 Å². The van der Waals surface area contributed by atoms with Gasteiger partial charge in [-0.3, -0.25) is 4.79 Å². The molecule has 4 nitrogen and oxygen atoms in total. The average Bonchev–Trinajstić information content (AvgIpc) is 3.00. The Morgan fingerprint density at radius 3 is 2.24 bits per heavy atom. The van der Waals surface area contributed by atoms with Crippen molar-refractivity contribution in [3.05, 3.63) is 53.1 Å². The molecule has 0 aliphatic carbocycles. The summed E-state index contributed by atoms with van der Waals surface area (Å²) in [6, 6.07) is 6.42. The molecular formula is C18H13F6N3OS. The van der Waals surface area contributed by atoms with E-state index < -0.39 is 35.1 Å². The highest BCUT2D eigenvalue weighted by atomic mass is 32.2. The van der Waals surface area contributed by atoms with Crippen LogP contribution in [0.25, 0.3) is 11.0 Å². The van der Waals surface area contributed by atoms with Gasteiger partial charge < -0.3 is 10.3 Å². The highest BCUT2D eigenvalue weighted by Gasteiger charge is 2.37. The van der Waals surface area contributed by atoms with Crippen molar-refractivity contribution in [2.45, 2.75) is 24.4 Å². The summed E-state index contributed by atoms with van der Waals surface area (Å²) < 4.78 is 77.3. The topological polar surface area (TPSA) is 57.8 Å². The molecule has 29 heavy (non-hydrogen) atoms. The van der Waals surface area contributed by atoms with Crippen molar-refractivity contribution in [2.24, 2.45) is 0 Å². The number of aromatic nitrogens is 2. The summed E-state index contributed by atoms with van der Waals surface area (Å²) in [5, 5.41) is 2.48. The molecule has 0 fully saturated rings. The fraction of sp³-hybridized carbons (Fsp3) is 0.222. The third-order valence-electron chi connectivity index (χ3n) is 3.83. The number of anilines is 1. The predicted octanol–water partition coefficient (Wildman–Crippen LogP) is 5.64. The number of hydrogen-bond donors (Lipinski definition) is 2. The number of hydrogen-bond acceptors (Lipinski definition) is 3. The lowest BCUT2D eigenvalue weighted by Gasteiger charge is -2.14. The Labute approximate surface area is 164 Å². The number of H-pyrrole nitrogens is 1. The van der Waals surface area contributed by atoms with Crippen molar-refractivity contribution < 1.29 is 31.1 Å². The van der Waals surface area contributed by atoms with Crippen LogP contribution in [-0.4, -0.2) is 21.6 Å². The van der Waals surface area contributed by atoms with E-state index in [1.54, 1.807) is 6.07 Å². The first-order valence-corrected chi connectivity index (χ1v) is 9.09. The molecule has 1 amide bonds. The van der Waals surface area contributed by atoms with Crippen LogP contribution < -0.4 is 5.32 Å². The molecule has 0 spiro atoms. The number of amides is 1. The lowest BCUT2D eigenvalue weighted by molar-refractivity contribution is -0.143. The van der Waals surface area contributed by atoms with Gasteiger partial charge in [0.25, 0.3) is 0 Å². The van der Waals surface area contributed by atoms with E-state index in [9.17, 15) is 31.1 Å². The van der Waals surface area contributed by atoms with Crippen LogP contribution in [0, 0.1) is 6.92 Å². The number of thioether (sulfide) groups is 1. The molecular weight excluding hydrogens is 420 g/mol. The molecule has 11 heteroatoms. The minimum Gasteiger partial charge on any atom is -0.333 e. The van der Waals surface area contributed by atoms with Crippen molar-refractivity contribution in [2.75, 3.05) is 11.1 Å². The summed E-state index contributed by atoms with van der Waals surface area (Å²) in [5.41, 5.74) is -1.16. The number of fused-ring (bicyclic) bond motifs is 1. The number of aromatic amines is 1. The van der Waals surface area contributed by atoms with E-state index in [1.807, 2.05) is 19.1 Å². The van der Waals surface area contributed by atoms with Crippen LogP contribution in [0.15, 0.2) is 41.6 Å². The number of carbonyl (C=O) groups excluding carboxylic acids is 1. The summed E-state index contributed by atoms with van der Waals surface area (Å²) in [5.74, 6) is -1.02. The summed E-state index contributed by atoms with van der Waals surface area (Å²) in [6.07, 6.45) is -9.97. The van der Waals surface area contributed by atoms with Crippen LogP contribution in [-0.2, 0) is 17.1 Å². The molecule has 154 valence electrons. The van der Waals surface area contributed by atoms with Gasteiger partial charge in [-0.25, -0.2) is 4.98 Å². The minimum atomic E-state index is -4.98. The Balaban J connectivity index is 1.73. The number of nitrogens with one attached hydrogen (secondary N) is 2. The molecule has 0 bridgehead atoms. The molecule has 2 aromatic carbocycles. The minimum absolute atomic E-state index is 0.000791. The van der Waals surface area contributed by atoms with Crippen molar-refractivity contribution in [3.63, 3.8) is 0 Å². The van der Waals surface area contributed by atoms with Gasteiger partial charge in [-0.1, -0.05) is 17.8 Å². The average molecular weight is 433 g/mol. The van der Waals surface area contributed by atoms with Gasteiger partial charge in [-0.15, -0.1) is 0 Å². The summed E-state index contributed by atoms with van der Waals surface area (Å²) in [6.45, 7) is 1.89. The zero-order valence-corrected chi connectivity index (χ0v) is 15.5. The Morgan fingerprint density at radius 1 is 1.03 bits per heavy atom. The normalized spacial score (nSPS) is 12.4. The van der Waals surface area contributed by atoms with Crippen molar-refractivity contribution >= 4 is 34.4 Å². The maximum absolute atomic E-state index is 12.9. The number of carbonyl (C=O) groups is 1. The molecule has 0 unspecified atom stereocenters. The summed E-state index contributed by atoms with van der Waals surface area (Å²) >= 11 is 0.976. The monoisotopic (exact) mass is 433 g/mol. The van der Waals surface area contributed by atoms with Crippen LogP contribution in [0.5, 0.6) is 0 Å². The van der Waals surface area contributed by atoms with E-state index in [0.29, 0.717) is 22.8 Å². The van der Waals surface area contributed by atoms with E-state index >= 15 is 0 Å². The fourth-order valence-electron chi connectivity index (χ4n) is 2.53. The highest BCUT2D eigenvalue weighted by molar-refractivity contribution is 7.99. The van der Waals surface area contributed by atoms with Gasteiger partial charge in [-0.2, -0.15) is 26.3 Å². The highest BCUT2D eigenvalue weighted by Crippen LogP contribution is 2.37. The Hall–Kier alpha value is -2.69. The second-order valence-electron chi connectivity index (χ2n) is 6.19. The van der Waals surface area contributed by atoms with Crippen LogP contribution in [0.2, 0.25) is 0 Å². The summed E-state index contributed by atoms with van der Waals surface area (Å²) in [7, 11) is 0. The van der Waals surface area contributed by atoms with Gasteiger partial charge in [0, 0.05) is 5.69 Å². The number of aryl methyl sites for hydroxylation is 1. The van der Waals surface area contributed by atoms with Gasteiger partial charge in [0.2, 0.25) is 5.91 Å². The maximum atomic E-state index is 12.9. The van der Waals surface area contributed by atoms with Gasteiger partial charge >= 0.3 is 12.4 Å². The molecule has 0 aliphatic rings. The molecule has 0 radical (unpaired) electrons. The van der Waals surface area contributed by atoms with Crippen LogP contribution in [0.3, 0.4) is 0 Å². The Kier molecular flexibility index (Phi) is 5.52. The van der Waals surface area contributed by atoms with E-state index in [-0.39, 0.29) is 11.8 Å². The second-order valence-corrected chi connectivity index (χ2v) is 7.16. The third-order valence-corrected chi connectivity index (χ3v) is 4.70. The van der Waals surface area contributed by atoms with E-state index in [2.05, 4.69) is 15.3 Å². The standard InChI is InChI=1S/C18H13F6N3OS/c1-9-2-3-13-14(4-9)27-16(26-13)29-8-15(28)25-12-6-10(17(19,20)21)5-11(7-12)18(22,23)24/h2-7H,8H2,1H3,(H,25,28)(H,26,27). The molecule has 3 aromatic rings. The first kappa shape index (κ1) is 21.0. The van der Waals surface area contributed by atoms with E-state index in [4.69, 9.17) is 0 Å². The second kappa shape index (κ2) is 7.62. The number of nitrogens with zero attached hydrogens (tertiary/aromatic N) is 1. The molecule has 1 heterocycles. The van der Waals surface area contributed by atoms with Crippen LogP contribution in [0.1, 0.15) is 16.7 Å². The van der Waals surface area contributed by atoms with Crippen molar-refractivity contribution in [1.29, 1.82) is 0 Å². The van der Waals surface area contributed by atoms with Crippen molar-refractivity contribution in [3.8, 4) is 0 Å². The molecule has 0 aliphatic heterocycles. The maximum Gasteiger partial charge on any atom is 0.416 e. The molecule has 1 aromatic heterocycles. The third kappa shape index (κ3) is 5.22. The number of benzene rings is 2. The van der Waals surface area contributed by atoms with Gasteiger partial charge in [-0.05, 0) is 42.8 Å². The lowest BCUT2D eigenvalue weighted by Crippen LogP contribution is -2.17. The first-order chi connectivity index (χ1) is 13.4. The number of imidazole rings is 1. The summed E-state index contributed by atoms with van der Waals surface area (Å²) in [4.78, 5) is 19.3. The smallest absolute Gasteiger partial charge is 0.333 e. The number of alkyl halides is 6. The van der Waals surface area contributed by atoms with Gasteiger partial charge in [0.05, 0.1) is 27.9 Å². The molecule has 0 saturated carbocycles. The SMILES string of the molecule is Cc1ccc2nc(SCC(=O)Nc3cc(C(F)(F)F)cc(C(F)(F)F)c3)[nH]c2c1. The van der Waals surface area contributed by atoms with Crippen molar-refractivity contribution in [1.82, 2.24) is 9.97 Å². The first-order valence-electron chi connectivity index (χ1n) is 8.10. The van der Waals surface area contributed by atoms with Crippen LogP contribution in [0.4, 0.5) is 32.0 Å². The molecule has 0 atom stereocenters. The molecule has 3 rings (SSSR count). The number of halogens is 6. The number of rotatable bonds is 4. The zero-order valence-electron chi connectivity index (χ0n) is 14.7. The Bertz CT molecular complexity index is 1030. The van der Waals surface area contributed by atoms with Gasteiger partial charge in [0.1, 0.15) is 0 Å². The van der Waals surface area contributed by atoms with Gasteiger partial charge in [0.15, 0.2) is 5.16 Å². The van der Waals surface area contributed by atoms with E-state index in [1.165, 1.54) is 0 Å². The predicted molar refractivity (Wildman–Crippen MR) is 96.6 cm³/mol. The zero-order chi connectivity index (χ0) is 21.4.